The van der Waals surface area contributed by atoms with Crippen molar-refractivity contribution in [3.8, 4) is 0 Å². The molecule has 0 amide bonds. The second kappa shape index (κ2) is 12.6. The molecule has 0 heterocycles. The zero-order valence-corrected chi connectivity index (χ0v) is 9.69. The summed E-state index contributed by atoms with van der Waals surface area (Å²) in [5.41, 5.74) is 2.54. The fourth-order valence-electron chi connectivity index (χ4n) is 0. The monoisotopic (exact) mass is 162 g/mol. The first-order chi connectivity index (χ1) is 4.54. The van der Waals surface area contributed by atoms with Gasteiger partial charge in [-0.2, -0.15) is 0 Å². The van der Waals surface area contributed by atoms with Crippen LogP contribution in [0.5, 0.6) is 0 Å². The van der Waals surface area contributed by atoms with E-state index in [0.717, 1.165) is 0 Å². The van der Waals surface area contributed by atoms with Gasteiger partial charge in [0.15, 0.2) is 0 Å². The molecule has 0 saturated heterocycles. The smallest absolute Gasteiger partial charge is 0.245 e. The van der Waals surface area contributed by atoms with E-state index >= 15 is 0 Å². The number of allylic oxidation sites excluding steroid dienone is 4. The van der Waals surface area contributed by atoms with Crippen LogP contribution in [-0.2, 0) is 0 Å². The summed E-state index contributed by atoms with van der Waals surface area (Å²) in [6.07, 6.45) is 3.67. The summed E-state index contributed by atoms with van der Waals surface area (Å²) in [6, 6.07) is 0. The van der Waals surface area contributed by atoms with Gasteiger partial charge in [0.1, 0.15) is 0 Å². The van der Waals surface area contributed by atoms with Crippen LogP contribution < -0.4 is 0 Å². The molecule has 0 spiro atoms. The standard InChI is InChI=1S/2C5H9.Mg/c2*1-4-5(2)3;/h2*4H,1H2,2-3H3;/q2*-1;+2. The maximum Gasteiger partial charge on any atom is 2.00 e. The molecule has 0 saturated carbocycles. The van der Waals surface area contributed by atoms with Crippen LogP contribution in [0.3, 0.4) is 0 Å². The third-order valence-corrected chi connectivity index (χ3v) is 0.816. The third kappa shape index (κ3) is 40.1. The Bertz CT molecular complexity index is 96.8. The van der Waals surface area contributed by atoms with Gasteiger partial charge in [-0.1, -0.05) is 0 Å². The molecule has 1 heteroatoms. The van der Waals surface area contributed by atoms with E-state index in [1.54, 1.807) is 0 Å². The Labute approximate surface area is 87.9 Å². The summed E-state index contributed by atoms with van der Waals surface area (Å²) in [5, 5.41) is 0. The van der Waals surface area contributed by atoms with E-state index in [9.17, 15) is 0 Å². The SMILES string of the molecule is [CH2-]C=C(C)C.[CH2-]C=C(C)C.[Mg+2]. The molecule has 0 aliphatic rings. The summed E-state index contributed by atoms with van der Waals surface area (Å²) in [7, 11) is 0. The molecule has 0 aromatic heterocycles. The summed E-state index contributed by atoms with van der Waals surface area (Å²) < 4.78 is 0. The Kier molecular flexibility index (Phi) is 19.7. The molecule has 60 valence electrons. The zero-order valence-electron chi connectivity index (χ0n) is 8.28. The first kappa shape index (κ1) is 17.2. The third-order valence-electron chi connectivity index (χ3n) is 0.816. The van der Waals surface area contributed by atoms with E-state index in [2.05, 4.69) is 13.8 Å². The minimum Gasteiger partial charge on any atom is -0.245 e. The van der Waals surface area contributed by atoms with Crippen molar-refractivity contribution in [1.29, 1.82) is 0 Å². The molecule has 0 unspecified atom stereocenters. The first-order valence-corrected chi connectivity index (χ1v) is 3.39. The Morgan fingerprint density at radius 1 is 0.818 bits per heavy atom. The van der Waals surface area contributed by atoms with Gasteiger partial charge in [-0.15, -0.1) is 27.7 Å². The van der Waals surface area contributed by atoms with Crippen molar-refractivity contribution in [2.75, 3.05) is 0 Å². The Morgan fingerprint density at radius 3 is 0.909 bits per heavy atom. The first-order valence-electron chi connectivity index (χ1n) is 3.39. The van der Waals surface area contributed by atoms with Gasteiger partial charge in [-0.3, -0.25) is 0 Å². The maximum absolute atomic E-state index is 3.52. The van der Waals surface area contributed by atoms with Crippen molar-refractivity contribution in [1.82, 2.24) is 0 Å². The van der Waals surface area contributed by atoms with Gasteiger partial charge in [0.2, 0.25) is 0 Å². The van der Waals surface area contributed by atoms with E-state index in [0.29, 0.717) is 0 Å². The maximum atomic E-state index is 3.52. The molecule has 0 aromatic rings. The minimum absolute atomic E-state index is 0. The molecule has 0 radical (unpaired) electrons. The van der Waals surface area contributed by atoms with E-state index in [-0.39, 0.29) is 23.1 Å². The quantitative estimate of drug-likeness (QED) is 0.379. The van der Waals surface area contributed by atoms with Crippen LogP contribution in [0.25, 0.3) is 0 Å². The van der Waals surface area contributed by atoms with Crippen molar-refractivity contribution < 1.29 is 0 Å². The molecule has 0 fully saturated rings. The average molecular weight is 163 g/mol. The van der Waals surface area contributed by atoms with Crippen LogP contribution in [0.2, 0.25) is 0 Å². The van der Waals surface area contributed by atoms with E-state index < -0.39 is 0 Å². The summed E-state index contributed by atoms with van der Waals surface area (Å²) in [6.45, 7) is 15.1. The molecule has 0 aromatic carbocycles. The molecule has 0 aliphatic heterocycles. The largest absolute Gasteiger partial charge is 2.00 e. The van der Waals surface area contributed by atoms with Crippen molar-refractivity contribution in [3.05, 3.63) is 37.1 Å². The predicted molar refractivity (Wildman–Crippen MR) is 55.3 cm³/mol. The van der Waals surface area contributed by atoms with Gasteiger partial charge in [0.25, 0.3) is 0 Å². The zero-order chi connectivity index (χ0) is 8.57. The average Bonchev–Trinajstić information content (AvgIpc) is 1.89. The Balaban J connectivity index is -0.000000107. The second-order valence-electron chi connectivity index (χ2n) is 2.56. The number of rotatable bonds is 0. The van der Waals surface area contributed by atoms with Crippen LogP contribution >= 0.6 is 0 Å². The molecular weight excluding hydrogens is 144 g/mol. The van der Waals surface area contributed by atoms with E-state index in [1.807, 2.05) is 39.8 Å². The Hall–Kier alpha value is -0.0138. The molecule has 11 heavy (non-hydrogen) atoms. The van der Waals surface area contributed by atoms with Crippen LogP contribution in [-0.4, -0.2) is 23.1 Å². The van der Waals surface area contributed by atoms with E-state index in [4.69, 9.17) is 0 Å². The summed E-state index contributed by atoms with van der Waals surface area (Å²) in [4.78, 5) is 0. The minimum atomic E-state index is 0. The van der Waals surface area contributed by atoms with Crippen molar-refractivity contribution in [2.24, 2.45) is 0 Å². The molecule has 0 aliphatic carbocycles. The molecule has 0 atom stereocenters. The van der Waals surface area contributed by atoms with Gasteiger partial charge in [0.05, 0.1) is 0 Å². The predicted octanol–water partition coefficient (Wildman–Crippen LogP) is 3.19. The van der Waals surface area contributed by atoms with Crippen LogP contribution in [0.15, 0.2) is 23.3 Å². The summed E-state index contributed by atoms with van der Waals surface area (Å²) in [5.74, 6) is 0. The van der Waals surface area contributed by atoms with Crippen LogP contribution in [0, 0.1) is 13.8 Å². The van der Waals surface area contributed by atoms with E-state index in [1.165, 1.54) is 11.1 Å². The molecule has 0 rings (SSSR count). The fraction of sp³-hybridized carbons (Fsp3) is 0.400. The van der Waals surface area contributed by atoms with Crippen molar-refractivity contribution >= 4 is 23.1 Å². The molecule has 0 bridgehead atoms. The fourth-order valence-corrected chi connectivity index (χ4v) is 0. The van der Waals surface area contributed by atoms with Crippen LogP contribution in [0.4, 0.5) is 0 Å². The normalized spacial score (nSPS) is 6.18. The van der Waals surface area contributed by atoms with Crippen molar-refractivity contribution in [2.45, 2.75) is 27.7 Å². The molecular formula is C10H18Mg. The van der Waals surface area contributed by atoms with Gasteiger partial charge in [-0.05, 0) is 0 Å². The van der Waals surface area contributed by atoms with Gasteiger partial charge >= 0.3 is 23.1 Å². The van der Waals surface area contributed by atoms with Gasteiger partial charge in [-0.25, -0.2) is 37.1 Å². The number of hydrogen-bond donors (Lipinski definition) is 0. The van der Waals surface area contributed by atoms with Gasteiger partial charge in [0, 0.05) is 0 Å². The molecule has 0 nitrogen and oxygen atoms in total. The Morgan fingerprint density at radius 2 is 0.909 bits per heavy atom. The second-order valence-corrected chi connectivity index (χ2v) is 2.56. The molecule has 0 N–H and O–H groups in total. The number of hydrogen-bond acceptors (Lipinski definition) is 0. The van der Waals surface area contributed by atoms with Gasteiger partial charge < -0.3 is 0 Å². The summed E-state index contributed by atoms with van der Waals surface area (Å²) >= 11 is 0. The van der Waals surface area contributed by atoms with Crippen molar-refractivity contribution in [3.63, 3.8) is 0 Å². The van der Waals surface area contributed by atoms with Crippen LogP contribution in [0.1, 0.15) is 27.7 Å². The topological polar surface area (TPSA) is 0 Å².